The van der Waals surface area contributed by atoms with Gasteiger partial charge in [-0.1, -0.05) is 24.6 Å². The van der Waals surface area contributed by atoms with E-state index in [1.165, 1.54) is 47.0 Å². The number of carbonyl (C=O) groups is 1. The molecule has 0 amide bonds. The minimum Gasteiger partial charge on any atom is -0.465 e. The molecule has 0 bridgehead atoms. The number of thiazole rings is 1. The van der Waals surface area contributed by atoms with Crippen LogP contribution in [0, 0.1) is 12.7 Å². The standard InChI is InChI=1S/C22H22ClFN2O4S2/c1-5-14-7-9-16(12-17(14)22(27)30-4)32(28,29)26(6-2)20-13(3)31-21(25-20)15-8-10-19(24)18(23)11-15/h7-12H,5-6H2,1-4H3. The number of ether oxygens (including phenoxy) is 1. The van der Waals surface area contributed by atoms with Crippen molar-refractivity contribution in [2.24, 2.45) is 0 Å². The number of hydrogen-bond acceptors (Lipinski definition) is 6. The predicted molar refractivity (Wildman–Crippen MR) is 125 cm³/mol. The van der Waals surface area contributed by atoms with Crippen molar-refractivity contribution < 1.29 is 22.3 Å². The van der Waals surface area contributed by atoms with Crippen molar-refractivity contribution in [3.05, 3.63) is 63.2 Å². The second-order valence-electron chi connectivity index (χ2n) is 6.86. The fourth-order valence-corrected chi connectivity index (χ4v) is 5.92. The van der Waals surface area contributed by atoms with E-state index in [1.54, 1.807) is 26.0 Å². The van der Waals surface area contributed by atoms with Gasteiger partial charge in [-0.2, -0.15) is 0 Å². The molecular formula is C22H22ClFN2O4S2. The van der Waals surface area contributed by atoms with E-state index in [1.807, 2.05) is 6.92 Å². The number of hydrogen-bond donors (Lipinski definition) is 0. The second-order valence-corrected chi connectivity index (χ2v) is 10.3. The van der Waals surface area contributed by atoms with Crippen molar-refractivity contribution in [3.8, 4) is 10.6 Å². The summed E-state index contributed by atoms with van der Waals surface area (Å²) in [7, 11) is -2.76. The van der Waals surface area contributed by atoms with E-state index in [9.17, 15) is 17.6 Å². The largest absolute Gasteiger partial charge is 0.465 e. The lowest BCUT2D eigenvalue weighted by Gasteiger charge is -2.22. The molecule has 0 aliphatic heterocycles. The molecule has 0 unspecified atom stereocenters. The van der Waals surface area contributed by atoms with Crippen LogP contribution in [0.15, 0.2) is 41.3 Å². The first-order valence-electron chi connectivity index (χ1n) is 9.80. The summed E-state index contributed by atoms with van der Waals surface area (Å²) in [6, 6.07) is 8.67. The maximum absolute atomic E-state index is 13.5. The number of carbonyl (C=O) groups excluding carboxylic acids is 1. The Balaban J connectivity index is 2.07. The summed E-state index contributed by atoms with van der Waals surface area (Å²) in [4.78, 5) is 17.3. The Morgan fingerprint density at radius 1 is 1.22 bits per heavy atom. The number of nitrogens with zero attached hydrogens (tertiary/aromatic N) is 2. The molecule has 0 aliphatic rings. The minimum atomic E-state index is -4.02. The van der Waals surface area contributed by atoms with Gasteiger partial charge in [0.15, 0.2) is 5.82 Å². The van der Waals surface area contributed by atoms with Gasteiger partial charge in [0.25, 0.3) is 10.0 Å². The molecule has 2 aromatic carbocycles. The van der Waals surface area contributed by atoms with Crippen molar-refractivity contribution in [3.63, 3.8) is 0 Å². The third-order valence-corrected chi connectivity index (χ3v) is 8.08. The SMILES string of the molecule is CCc1ccc(S(=O)(=O)N(CC)c2nc(-c3ccc(F)c(Cl)c3)sc2C)cc1C(=O)OC. The van der Waals surface area contributed by atoms with Gasteiger partial charge in [0.2, 0.25) is 0 Å². The molecule has 0 spiro atoms. The van der Waals surface area contributed by atoms with Crippen molar-refractivity contribution in [1.82, 2.24) is 4.98 Å². The molecule has 10 heteroatoms. The van der Waals surface area contributed by atoms with E-state index < -0.39 is 21.8 Å². The summed E-state index contributed by atoms with van der Waals surface area (Å²) in [6.07, 6.45) is 0.553. The van der Waals surface area contributed by atoms with E-state index in [-0.39, 0.29) is 27.8 Å². The van der Waals surface area contributed by atoms with Gasteiger partial charge in [0.1, 0.15) is 10.8 Å². The van der Waals surface area contributed by atoms with Gasteiger partial charge < -0.3 is 4.74 Å². The molecule has 0 atom stereocenters. The highest BCUT2D eigenvalue weighted by molar-refractivity contribution is 7.92. The van der Waals surface area contributed by atoms with Crippen LogP contribution in [0.5, 0.6) is 0 Å². The first kappa shape index (κ1) is 24.2. The van der Waals surface area contributed by atoms with E-state index in [0.29, 0.717) is 27.4 Å². The van der Waals surface area contributed by atoms with Gasteiger partial charge in [-0.15, -0.1) is 11.3 Å². The molecule has 3 aromatic rings. The Hall–Kier alpha value is -2.49. The summed E-state index contributed by atoms with van der Waals surface area (Å²) in [6.45, 7) is 5.46. The Bertz CT molecular complexity index is 1270. The Kier molecular flexibility index (Phi) is 7.22. The fraction of sp³-hybridized carbons (Fsp3) is 0.273. The van der Waals surface area contributed by atoms with E-state index >= 15 is 0 Å². The molecule has 6 nitrogen and oxygen atoms in total. The first-order valence-corrected chi connectivity index (χ1v) is 12.4. The summed E-state index contributed by atoms with van der Waals surface area (Å²) in [5, 5.41) is 0.479. The van der Waals surface area contributed by atoms with Gasteiger partial charge >= 0.3 is 5.97 Å². The Morgan fingerprint density at radius 3 is 2.53 bits per heavy atom. The van der Waals surface area contributed by atoms with E-state index in [4.69, 9.17) is 16.3 Å². The van der Waals surface area contributed by atoms with Gasteiger partial charge in [0.05, 0.1) is 22.6 Å². The number of rotatable bonds is 7. The van der Waals surface area contributed by atoms with Crippen LogP contribution in [0.4, 0.5) is 10.2 Å². The third kappa shape index (κ3) is 4.51. The molecule has 3 rings (SSSR count). The van der Waals surface area contributed by atoms with Crippen LogP contribution in [-0.2, 0) is 21.2 Å². The van der Waals surface area contributed by atoms with Crippen LogP contribution in [0.3, 0.4) is 0 Å². The first-order chi connectivity index (χ1) is 15.1. The number of methoxy groups -OCH3 is 1. The van der Waals surface area contributed by atoms with Gasteiger partial charge in [-0.3, -0.25) is 0 Å². The zero-order valence-corrected chi connectivity index (χ0v) is 20.4. The number of sulfonamides is 1. The molecule has 0 N–H and O–H groups in total. The number of benzene rings is 2. The monoisotopic (exact) mass is 496 g/mol. The molecule has 170 valence electrons. The topological polar surface area (TPSA) is 76.6 Å². The molecule has 0 saturated heterocycles. The zero-order chi connectivity index (χ0) is 23.6. The quantitative estimate of drug-likeness (QED) is 0.405. The normalized spacial score (nSPS) is 11.4. The number of halogens is 2. The molecule has 1 aromatic heterocycles. The summed E-state index contributed by atoms with van der Waals surface area (Å²) >= 11 is 7.17. The van der Waals surface area contributed by atoms with E-state index in [2.05, 4.69) is 4.98 Å². The molecule has 0 saturated carbocycles. The number of anilines is 1. The molecule has 0 radical (unpaired) electrons. The van der Waals surface area contributed by atoms with Crippen molar-refractivity contribution in [2.75, 3.05) is 18.0 Å². The highest BCUT2D eigenvalue weighted by Crippen LogP contribution is 2.36. The lowest BCUT2D eigenvalue weighted by atomic mass is 10.1. The van der Waals surface area contributed by atoms with E-state index in [0.717, 1.165) is 0 Å². The maximum Gasteiger partial charge on any atom is 0.338 e. The highest BCUT2D eigenvalue weighted by atomic mass is 35.5. The molecule has 32 heavy (non-hydrogen) atoms. The van der Waals surface area contributed by atoms with Gasteiger partial charge in [-0.25, -0.2) is 26.9 Å². The lowest BCUT2D eigenvalue weighted by molar-refractivity contribution is 0.0599. The highest BCUT2D eigenvalue weighted by Gasteiger charge is 2.29. The Labute approximate surface area is 195 Å². The number of aryl methyl sites for hydroxylation is 2. The molecule has 0 aliphatic carbocycles. The van der Waals surface area contributed by atoms with Gasteiger partial charge in [-0.05, 0) is 56.2 Å². The lowest BCUT2D eigenvalue weighted by Crippen LogP contribution is -2.31. The summed E-state index contributed by atoms with van der Waals surface area (Å²) in [5.74, 6) is -0.868. The zero-order valence-electron chi connectivity index (χ0n) is 18.0. The van der Waals surface area contributed by atoms with Crippen LogP contribution < -0.4 is 4.31 Å². The van der Waals surface area contributed by atoms with Crippen molar-refractivity contribution in [1.29, 1.82) is 0 Å². The average molecular weight is 497 g/mol. The van der Waals surface area contributed by atoms with Crippen LogP contribution in [0.25, 0.3) is 10.6 Å². The van der Waals surface area contributed by atoms with Crippen LogP contribution in [0.2, 0.25) is 5.02 Å². The minimum absolute atomic E-state index is 0.0317. The van der Waals surface area contributed by atoms with Crippen LogP contribution in [0.1, 0.15) is 34.6 Å². The molecular weight excluding hydrogens is 475 g/mol. The Morgan fingerprint density at radius 2 is 1.94 bits per heavy atom. The summed E-state index contributed by atoms with van der Waals surface area (Å²) < 4.78 is 46.5. The fourth-order valence-electron chi connectivity index (χ4n) is 3.26. The number of aromatic nitrogens is 1. The number of esters is 1. The average Bonchev–Trinajstić information content (AvgIpc) is 3.16. The van der Waals surface area contributed by atoms with Gasteiger partial charge in [0, 0.05) is 17.0 Å². The maximum atomic E-state index is 13.5. The second kappa shape index (κ2) is 9.56. The van der Waals surface area contributed by atoms with Crippen LogP contribution in [-0.4, -0.2) is 33.0 Å². The molecule has 0 fully saturated rings. The smallest absolute Gasteiger partial charge is 0.338 e. The van der Waals surface area contributed by atoms with Crippen molar-refractivity contribution >= 4 is 44.7 Å². The van der Waals surface area contributed by atoms with Crippen molar-refractivity contribution in [2.45, 2.75) is 32.1 Å². The predicted octanol–water partition coefficient (Wildman–Crippen LogP) is 5.48. The summed E-state index contributed by atoms with van der Waals surface area (Å²) in [5.41, 5.74) is 1.49. The molecule has 1 heterocycles. The van der Waals surface area contributed by atoms with Crippen LogP contribution >= 0.6 is 22.9 Å². The third-order valence-electron chi connectivity index (χ3n) is 4.92.